The maximum absolute atomic E-state index is 9.39. The van der Waals surface area contributed by atoms with E-state index in [1.807, 2.05) is 14.0 Å². The third-order valence-corrected chi connectivity index (χ3v) is 4.90. The fourth-order valence-electron chi connectivity index (χ4n) is 3.03. The molecule has 0 heterocycles. The van der Waals surface area contributed by atoms with E-state index in [9.17, 15) is 5.11 Å². The average molecular weight is 271 g/mol. The van der Waals surface area contributed by atoms with Gasteiger partial charge >= 0.3 is 0 Å². The van der Waals surface area contributed by atoms with Gasteiger partial charge in [0.25, 0.3) is 0 Å². The zero-order valence-electron chi connectivity index (χ0n) is 13.4. The highest BCUT2D eigenvalue weighted by molar-refractivity contribution is 4.83. The summed E-state index contributed by atoms with van der Waals surface area (Å²) < 4.78 is 6.18. The van der Waals surface area contributed by atoms with Gasteiger partial charge in [0.15, 0.2) is 0 Å². The van der Waals surface area contributed by atoms with E-state index >= 15 is 0 Å². The Bertz CT molecular complexity index is 251. The third-order valence-electron chi connectivity index (χ3n) is 4.90. The van der Waals surface area contributed by atoms with Crippen molar-refractivity contribution in [2.75, 3.05) is 20.3 Å². The normalized spacial score (nSPS) is 31.4. The molecule has 1 aliphatic rings. The van der Waals surface area contributed by atoms with Crippen molar-refractivity contribution < 1.29 is 9.84 Å². The first kappa shape index (κ1) is 16.9. The number of likely N-dealkylation sites (N-methyl/N-ethyl adjacent to an activating group) is 1. The Hall–Kier alpha value is -0.120. The Balaban J connectivity index is 2.44. The van der Waals surface area contributed by atoms with Crippen LogP contribution < -0.4 is 5.32 Å². The van der Waals surface area contributed by atoms with Gasteiger partial charge in [-0.05, 0) is 51.0 Å². The van der Waals surface area contributed by atoms with Crippen molar-refractivity contribution in [3.05, 3.63) is 0 Å². The van der Waals surface area contributed by atoms with E-state index in [0.29, 0.717) is 17.9 Å². The largest absolute Gasteiger partial charge is 0.394 e. The molecule has 4 atom stereocenters. The van der Waals surface area contributed by atoms with Gasteiger partial charge < -0.3 is 15.2 Å². The minimum absolute atomic E-state index is 0.154. The lowest BCUT2D eigenvalue weighted by atomic mass is 9.75. The van der Waals surface area contributed by atoms with Gasteiger partial charge in [-0.15, -0.1) is 0 Å². The summed E-state index contributed by atoms with van der Waals surface area (Å²) in [5.41, 5.74) is -0.215. The lowest BCUT2D eigenvalue weighted by Crippen LogP contribution is -2.45. The lowest BCUT2D eigenvalue weighted by Gasteiger charge is -2.38. The zero-order valence-corrected chi connectivity index (χ0v) is 13.4. The number of hydrogen-bond donors (Lipinski definition) is 2. The number of nitrogens with one attached hydrogen (secondary N) is 1. The van der Waals surface area contributed by atoms with Crippen LogP contribution in [0.15, 0.2) is 0 Å². The van der Waals surface area contributed by atoms with E-state index in [1.165, 1.54) is 19.3 Å². The topological polar surface area (TPSA) is 41.5 Å². The summed E-state index contributed by atoms with van der Waals surface area (Å²) in [6.07, 6.45) is 5.09. The minimum atomic E-state index is -0.215. The minimum Gasteiger partial charge on any atom is -0.394 e. The molecule has 1 fully saturated rings. The molecule has 3 nitrogen and oxygen atoms in total. The van der Waals surface area contributed by atoms with Gasteiger partial charge in [0.2, 0.25) is 0 Å². The Kier molecular flexibility index (Phi) is 6.78. The van der Waals surface area contributed by atoms with Crippen molar-refractivity contribution in [3.8, 4) is 0 Å². The fourth-order valence-corrected chi connectivity index (χ4v) is 3.03. The summed E-state index contributed by atoms with van der Waals surface area (Å²) in [6, 6.07) is 0. The van der Waals surface area contributed by atoms with E-state index in [2.05, 4.69) is 26.1 Å². The van der Waals surface area contributed by atoms with Crippen molar-refractivity contribution in [1.29, 1.82) is 0 Å². The number of rotatable bonds is 7. The average Bonchev–Trinajstić information content (AvgIpc) is 2.38. The molecule has 0 saturated heterocycles. The first-order chi connectivity index (χ1) is 8.91. The monoisotopic (exact) mass is 271 g/mol. The van der Waals surface area contributed by atoms with Gasteiger partial charge in [0, 0.05) is 12.1 Å². The van der Waals surface area contributed by atoms with Crippen LogP contribution in [0, 0.1) is 17.8 Å². The van der Waals surface area contributed by atoms with Crippen molar-refractivity contribution >= 4 is 0 Å². The summed E-state index contributed by atoms with van der Waals surface area (Å²) in [6.45, 7) is 9.88. The Morgan fingerprint density at radius 3 is 2.58 bits per heavy atom. The molecule has 2 N–H and O–H groups in total. The highest BCUT2D eigenvalue weighted by Gasteiger charge is 2.31. The second-order valence-electron chi connectivity index (χ2n) is 6.95. The molecule has 4 unspecified atom stereocenters. The molecule has 3 heteroatoms. The van der Waals surface area contributed by atoms with Gasteiger partial charge in [-0.25, -0.2) is 0 Å². The van der Waals surface area contributed by atoms with E-state index in [0.717, 1.165) is 18.9 Å². The van der Waals surface area contributed by atoms with E-state index < -0.39 is 0 Å². The van der Waals surface area contributed by atoms with Crippen LogP contribution in [0.3, 0.4) is 0 Å². The molecule has 1 rings (SSSR count). The zero-order chi connectivity index (χ0) is 14.5. The summed E-state index contributed by atoms with van der Waals surface area (Å²) in [5, 5.41) is 12.6. The van der Waals surface area contributed by atoms with Crippen LogP contribution in [0.5, 0.6) is 0 Å². The first-order valence-corrected chi connectivity index (χ1v) is 7.83. The molecule has 0 aromatic carbocycles. The van der Waals surface area contributed by atoms with Crippen LogP contribution in [0.4, 0.5) is 0 Å². The maximum atomic E-state index is 9.39. The highest BCUT2D eigenvalue weighted by Crippen LogP contribution is 2.35. The predicted octanol–water partition coefficient (Wildman–Crippen LogP) is 2.82. The molecule has 0 spiro atoms. The Morgan fingerprint density at radius 2 is 2.05 bits per heavy atom. The molecule has 1 aliphatic carbocycles. The second kappa shape index (κ2) is 7.61. The van der Waals surface area contributed by atoms with Crippen molar-refractivity contribution in [1.82, 2.24) is 5.32 Å². The number of aliphatic hydroxyl groups is 1. The molecule has 0 amide bonds. The smallest absolute Gasteiger partial charge is 0.0611 e. The summed E-state index contributed by atoms with van der Waals surface area (Å²) in [7, 11) is 1.90. The van der Waals surface area contributed by atoms with Gasteiger partial charge in [-0.2, -0.15) is 0 Å². The first-order valence-electron chi connectivity index (χ1n) is 7.83. The van der Waals surface area contributed by atoms with Crippen molar-refractivity contribution in [2.24, 2.45) is 17.8 Å². The summed E-state index contributed by atoms with van der Waals surface area (Å²) >= 11 is 0. The molecule has 1 saturated carbocycles. The van der Waals surface area contributed by atoms with Crippen LogP contribution in [-0.4, -0.2) is 37.0 Å². The molecule has 0 aliphatic heterocycles. The lowest BCUT2D eigenvalue weighted by molar-refractivity contribution is -0.0462. The molecule has 0 bridgehead atoms. The second-order valence-corrected chi connectivity index (χ2v) is 6.95. The molecule has 0 aromatic rings. The fraction of sp³-hybridized carbons (Fsp3) is 1.00. The van der Waals surface area contributed by atoms with E-state index in [4.69, 9.17) is 4.74 Å². The molecule has 19 heavy (non-hydrogen) atoms. The van der Waals surface area contributed by atoms with E-state index in [-0.39, 0.29) is 12.1 Å². The van der Waals surface area contributed by atoms with Gasteiger partial charge in [0.1, 0.15) is 0 Å². The molecular weight excluding hydrogens is 238 g/mol. The summed E-state index contributed by atoms with van der Waals surface area (Å²) in [5.74, 6) is 2.19. The number of hydrogen-bond acceptors (Lipinski definition) is 3. The maximum Gasteiger partial charge on any atom is 0.0611 e. The van der Waals surface area contributed by atoms with Gasteiger partial charge in [-0.3, -0.25) is 0 Å². The number of ether oxygens (including phenoxy) is 1. The predicted molar refractivity (Wildman–Crippen MR) is 80.3 cm³/mol. The van der Waals surface area contributed by atoms with Crippen LogP contribution in [0.1, 0.15) is 53.4 Å². The van der Waals surface area contributed by atoms with Gasteiger partial charge in [-0.1, -0.05) is 27.2 Å². The van der Waals surface area contributed by atoms with Crippen LogP contribution in [0.25, 0.3) is 0 Å². The van der Waals surface area contributed by atoms with Crippen molar-refractivity contribution in [2.45, 2.75) is 65.0 Å². The standard InChI is InChI=1S/C16H33NO2/c1-12(2)14-7-6-13(3)10-15(14)19-9-8-16(4,11-18)17-5/h12-15,17-18H,6-11H2,1-5H3. The SMILES string of the molecule is CNC(C)(CO)CCOC1CC(C)CCC1C(C)C. The van der Waals surface area contributed by atoms with Crippen LogP contribution in [-0.2, 0) is 4.74 Å². The molecule has 0 radical (unpaired) electrons. The third kappa shape index (κ3) is 5.05. The molecular formula is C16H33NO2. The Morgan fingerprint density at radius 1 is 1.37 bits per heavy atom. The Labute approximate surface area is 119 Å². The quantitative estimate of drug-likeness (QED) is 0.748. The highest BCUT2D eigenvalue weighted by atomic mass is 16.5. The van der Waals surface area contributed by atoms with E-state index in [1.54, 1.807) is 0 Å². The van der Waals surface area contributed by atoms with Crippen LogP contribution >= 0.6 is 0 Å². The molecule has 0 aromatic heterocycles. The molecule has 114 valence electrons. The van der Waals surface area contributed by atoms with Crippen molar-refractivity contribution in [3.63, 3.8) is 0 Å². The van der Waals surface area contributed by atoms with Gasteiger partial charge in [0.05, 0.1) is 12.7 Å². The van der Waals surface area contributed by atoms with Crippen LogP contribution in [0.2, 0.25) is 0 Å². The summed E-state index contributed by atoms with van der Waals surface area (Å²) in [4.78, 5) is 0. The number of aliphatic hydroxyl groups excluding tert-OH is 1.